The van der Waals surface area contributed by atoms with Crippen molar-refractivity contribution in [3.63, 3.8) is 0 Å². The summed E-state index contributed by atoms with van der Waals surface area (Å²) in [5.41, 5.74) is 0.251. The van der Waals surface area contributed by atoms with Gasteiger partial charge in [-0.1, -0.05) is 23.2 Å². The molecule has 2 heterocycles. The lowest BCUT2D eigenvalue weighted by molar-refractivity contribution is -0.384. The Kier molecular flexibility index (Phi) is 4.54. The first kappa shape index (κ1) is 18.1. The van der Waals surface area contributed by atoms with Crippen LogP contribution in [-0.2, 0) is 0 Å². The summed E-state index contributed by atoms with van der Waals surface area (Å²) in [5, 5.41) is 14.4. The fourth-order valence-electron chi connectivity index (χ4n) is 2.73. The average molecular weight is 417 g/mol. The molecule has 4 rings (SSSR count). The van der Waals surface area contributed by atoms with Crippen LogP contribution in [0.4, 0.5) is 17.1 Å². The van der Waals surface area contributed by atoms with E-state index in [0.717, 1.165) is 0 Å². The van der Waals surface area contributed by atoms with Crippen LogP contribution in [0.2, 0.25) is 10.0 Å². The van der Waals surface area contributed by atoms with Gasteiger partial charge in [0.05, 0.1) is 21.6 Å². The number of hydrogen-bond acceptors (Lipinski definition) is 6. The number of anilines is 2. The van der Waals surface area contributed by atoms with Crippen LogP contribution < -0.4 is 10.7 Å². The highest BCUT2D eigenvalue weighted by Crippen LogP contribution is 2.35. The molecule has 28 heavy (non-hydrogen) atoms. The molecule has 0 saturated carbocycles. The van der Waals surface area contributed by atoms with Crippen LogP contribution in [0, 0.1) is 10.1 Å². The second-order valence-corrected chi connectivity index (χ2v) is 6.65. The third kappa shape index (κ3) is 3.21. The minimum atomic E-state index is -0.507. The maximum absolute atomic E-state index is 13.1. The van der Waals surface area contributed by atoms with Crippen molar-refractivity contribution in [3.8, 4) is 11.5 Å². The molecule has 0 saturated heterocycles. The molecule has 4 aromatic rings. The highest BCUT2D eigenvalue weighted by atomic mass is 35.5. The Morgan fingerprint density at radius 3 is 2.46 bits per heavy atom. The Morgan fingerprint density at radius 2 is 1.82 bits per heavy atom. The summed E-state index contributed by atoms with van der Waals surface area (Å²) in [6, 6.07) is 11.8. The summed E-state index contributed by atoms with van der Waals surface area (Å²) >= 11 is 12.2. The molecule has 140 valence electrons. The molecule has 0 radical (unpaired) electrons. The van der Waals surface area contributed by atoms with Gasteiger partial charge in [0.15, 0.2) is 17.1 Å². The molecule has 0 bridgehead atoms. The van der Waals surface area contributed by atoms with Crippen molar-refractivity contribution >= 4 is 51.2 Å². The Labute approximate surface area is 167 Å². The molecule has 0 spiro atoms. The van der Waals surface area contributed by atoms with Crippen LogP contribution in [-0.4, -0.2) is 4.92 Å². The van der Waals surface area contributed by atoms with E-state index in [9.17, 15) is 14.9 Å². The van der Waals surface area contributed by atoms with Gasteiger partial charge in [-0.2, -0.15) is 0 Å². The van der Waals surface area contributed by atoms with Crippen molar-refractivity contribution in [2.24, 2.45) is 0 Å². The monoisotopic (exact) mass is 416 g/mol. The number of non-ortho nitro benzene ring substituents is 1. The van der Waals surface area contributed by atoms with Crippen molar-refractivity contribution in [1.29, 1.82) is 0 Å². The molecule has 1 N–H and O–H groups in total. The smallest absolute Gasteiger partial charge is 0.269 e. The normalized spacial score (nSPS) is 10.9. The first-order valence-electron chi connectivity index (χ1n) is 7.95. The van der Waals surface area contributed by atoms with Crippen LogP contribution in [0.25, 0.3) is 22.5 Å². The SMILES string of the molecule is O=c1c(Nc2ccc([N+](=O)[O-])cc2)c(-c2ccco2)oc2c(Cl)cc(Cl)cc12. The average Bonchev–Trinajstić information content (AvgIpc) is 3.19. The topological polar surface area (TPSA) is 98.5 Å². The van der Waals surface area contributed by atoms with Gasteiger partial charge in [0, 0.05) is 22.8 Å². The molecule has 0 amide bonds. The molecule has 7 nitrogen and oxygen atoms in total. The Morgan fingerprint density at radius 1 is 1.07 bits per heavy atom. The van der Waals surface area contributed by atoms with Gasteiger partial charge in [-0.15, -0.1) is 0 Å². The number of hydrogen-bond donors (Lipinski definition) is 1. The van der Waals surface area contributed by atoms with Gasteiger partial charge in [-0.25, -0.2) is 0 Å². The first-order chi connectivity index (χ1) is 13.4. The predicted molar refractivity (Wildman–Crippen MR) is 107 cm³/mol. The third-order valence-electron chi connectivity index (χ3n) is 4.00. The van der Waals surface area contributed by atoms with Gasteiger partial charge in [0.1, 0.15) is 5.69 Å². The van der Waals surface area contributed by atoms with E-state index in [1.165, 1.54) is 42.7 Å². The van der Waals surface area contributed by atoms with Gasteiger partial charge in [-0.3, -0.25) is 14.9 Å². The molecule has 2 aromatic carbocycles. The number of nitro benzene ring substituents is 1. The molecule has 0 unspecified atom stereocenters. The molecule has 2 aromatic heterocycles. The Hall–Kier alpha value is -3.29. The van der Waals surface area contributed by atoms with E-state index >= 15 is 0 Å². The summed E-state index contributed by atoms with van der Waals surface area (Å²) in [6.07, 6.45) is 1.44. The molecule has 0 fully saturated rings. The van der Waals surface area contributed by atoms with Crippen molar-refractivity contribution in [2.45, 2.75) is 0 Å². The maximum atomic E-state index is 13.1. The van der Waals surface area contributed by atoms with E-state index in [1.807, 2.05) is 0 Å². The minimum Gasteiger partial charge on any atom is -0.461 e. The number of nitro groups is 1. The predicted octanol–water partition coefficient (Wildman–Crippen LogP) is 6.01. The maximum Gasteiger partial charge on any atom is 0.269 e. The zero-order valence-electron chi connectivity index (χ0n) is 13.9. The summed E-state index contributed by atoms with van der Waals surface area (Å²) in [5.74, 6) is 0.458. The van der Waals surface area contributed by atoms with Crippen LogP contribution in [0.15, 0.2) is 68.4 Å². The van der Waals surface area contributed by atoms with Crippen molar-refractivity contribution < 1.29 is 13.8 Å². The number of halogens is 2. The van der Waals surface area contributed by atoms with Crippen LogP contribution in [0.3, 0.4) is 0 Å². The summed E-state index contributed by atoms with van der Waals surface area (Å²) in [4.78, 5) is 23.5. The van der Waals surface area contributed by atoms with Crippen LogP contribution in [0.1, 0.15) is 0 Å². The highest BCUT2D eigenvalue weighted by Gasteiger charge is 2.20. The lowest BCUT2D eigenvalue weighted by Gasteiger charge is -2.11. The molecule has 0 atom stereocenters. The van der Waals surface area contributed by atoms with Gasteiger partial charge in [0.2, 0.25) is 5.43 Å². The standard InChI is InChI=1S/C19H10Cl2N2O5/c20-10-8-13-17(24)16(22-11-3-5-12(6-4-11)23(25)26)19(15-2-1-7-27-15)28-18(13)14(21)9-10/h1-9,22H. The fraction of sp³-hybridized carbons (Fsp3) is 0. The fourth-order valence-corrected chi connectivity index (χ4v) is 3.26. The number of nitrogens with zero attached hydrogens (tertiary/aromatic N) is 1. The van der Waals surface area contributed by atoms with Gasteiger partial charge < -0.3 is 14.2 Å². The van der Waals surface area contributed by atoms with Gasteiger partial charge in [-0.05, 0) is 36.4 Å². The first-order valence-corrected chi connectivity index (χ1v) is 8.71. The molecule has 9 heteroatoms. The minimum absolute atomic E-state index is 0.0686. The highest BCUT2D eigenvalue weighted by molar-refractivity contribution is 6.38. The number of nitrogens with one attached hydrogen (secondary N) is 1. The van der Waals surface area contributed by atoms with Gasteiger partial charge >= 0.3 is 0 Å². The van der Waals surface area contributed by atoms with E-state index in [0.29, 0.717) is 11.4 Å². The van der Waals surface area contributed by atoms with E-state index in [2.05, 4.69) is 5.32 Å². The molecular weight excluding hydrogens is 407 g/mol. The molecule has 0 aliphatic carbocycles. The van der Waals surface area contributed by atoms with E-state index < -0.39 is 10.4 Å². The van der Waals surface area contributed by atoms with E-state index in [1.54, 1.807) is 12.1 Å². The van der Waals surface area contributed by atoms with Crippen LogP contribution in [0.5, 0.6) is 0 Å². The lowest BCUT2D eigenvalue weighted by Crippen LogP contribution is -2.10. The third-order valence-corrected chi connectivity index (χ3v) is 4.50. The van der Waals surface area contributed by atoms with E-state index in [4.69, 9.17) is 32.0 Å². The van der Waals surface area contributed by atoms with E-state index in [-0.39, 0.29) is 38.1 Å². The molecular formula is C19H10Cl2N2O5. The Bertz CT molecular complexity index is 1250. The van der Waals surface area contributed by atoms with Crippen molar-refractivity contribution in [2.75, 3.05) is 5.32 Å². The Balaban J connectivity index is 1.92. The van der Waals surface area contributed by atoms with Gasteiger partial charge in [0.25, 0.3) is 5.69 Å². The zero-order valence-corrected chi connectivity index (χ0v) is 15.5. The largest absolute Gasteiger partial charge is 0.461 e. The number of benzene rings is 2. The summed E-state index contributed by atoms with van der Waals surface area (Å²) in [7, 11) is 0. The number of fused-ring (bicyclic) bond motifs is 1. The van der Waals surface area contributed by atoms with Crippen LogP contribution >= 0.6 is 23.2 Å². The summed E-state index contributed by atoms with van der Waals surface area (Å²) in [6.45, 7) is 0. The number of furan rings is 1. The molecule has 0 aliphatic rings. The summed E-state index contributed by atoms with van der Waals surface area (Å²) < 4.78 is 11.3. The lowest BCUT2D eigenvalue weighted by atomic mass is 10.1. The second-order valence-electron chi connectivity index (χ2n) is 5.81. The second kappa shape index (κ2) is 7.03. The van der Waals surface area contributed by atoms with Crippen molar-refractivity contribution in [3.05, 3.63) is 85.2 Å². The zero-order chi connectivity index (χ0) is 19.8. The molecule has 0 aliphatic heterocycles. The number of rotatable bonds is 4. The van der Waals surface area contributed by atoms with Crippen molar-refractivity contribution in [1.82, 2.24) is 0 Å². The quantitative estimate of drug-likeness (QED) is 0.322.